The van der Waals surface area contributed by atoms with Crippen molar-refractivity contribution in [3.63, 3.8) is 0 Å². The second-order valence-corrected chi connectivity index (χ2v) is 10.7. The lowest BCUT2D eigenvalue weighted by Gasteiger charge is -2.37. The van der Waals surface area contributed by atoms with Gasteiger partial charge in [0, 0.05) is 23.0 Å². The number of ether oxygens (including phenoxy) is 1. The van der Waals surface area contributed by atoms with Crippen LogP contribution in [0.5, 0.6) is 5.75 Å². The molecular formula is C29H33FN2O3S. The van der Waals surface area contributed by atoms with Crippen molar-refractivity contribution in [1.29, 1.82) is 0 Å². The minimum atomic E-state index is -0.476. The quantitative estimate of drug-likeness (QED) is 0.371. The fourth-order valence-electron chi connectivity index (χ4n) is 4.51. The molecule has 2 amide bonds. The first kappa shape index (κ1) is 25.9. The second-order valence-electron chi connectivity index (χ2n) is 9.72. The van der Waals surface area contributed by atoms with E-state index in [1.165, 1.54) is 33.5 Å². The maximum atomic E-state index is 13.7. The third-order valence-electron chi connectivity index (χ3n) is 6.63. The second kappa shape index (κ2) is 11.2. The molecule has 3 aromatic rings. The maximum absolute atomic E-state index is 13.7. The molecule has 1 aromatic heterocycles. The molecule has 0 fully saturated rings. The zero-order chi connectivity index (χ0) is 25.8. The number of nitrogens with zero attached hydrogens (tertiary/aromatic N) is 2. The van der Waals surface area contributed by atoms with Crippen molar-refractivity contribution >= 4 is 23.2 Å². The highest BCUT2D eigenvalue weighted by Crippen LogP contribution is 2.34. The number of amides is 2. The molecule has 0 unspecified atom stereocenters. The summed E-state index contributed by atoms with van der Waals surface area (Å²) in [6.07, 6.45) is 0.776. The van der Waals surface area contributed by atoms with Crippen LogP contribution in [0.4, 0.5) is 4.39 Å². The Labute approximate surface area is 216 Å². The van der Waals surface area contributed by atoms with Gasteiger partial charge >= 0.3 is 0 Å². The summed E-state index contributed by atoms with van der Waals surface area (Å²) >= 11 is 1.70. The van der Waals surface area contributed by atoms with Crippen molar-refractivity contribution in [2.45, 2.75) is 52.1 Å². The number of hydrogen-bond acceptors (Lipinski definition) is 4. The molecule has 0 saturated carbocycles. The van der Waals surface area contributed by atoms with Gasteiger partial charge in [0.25, 0.3) is 5.91 Å². The predicted molar refractivity (Wildman–Crippen MR) is 141 cm³/mol. The van der Waals surface area contributed by atoms with Gasteiger partial charge in [-0.15, -0.1) is 11.3 Å². The van der Waals surface area contributed by atoms with Crippen LogP contribution in [-0.4, -0.2) is 47.4 Å². The molecule has 0 aliphatic carbocycles. The highest BCUT2D eigenvalue weighted by atomic mass is 32.1. The van der Waals surface area contributed by atoms with E-state index in [9.17, 15) is 14.0 Å². The minimum absolute atomic E-state index is 0.0773. The van der Waals surface area contributed by atoms with Crippen molar-refractivity contribution in [3.8, 4) is 5.75 Å². The first-order chi connectivity index (χ1) is 17.2. The van der Waals surface area contributed by atoms with Crippen LogP contribution in [0.25, 0.3) is 0 Å². The lowest BCUT2D eigenvalue weighted by molar-refractivity contribution is -0.136. The summed E-state index contributed by atoms with van der Waals surface area (Å²) in [5.74, 6) is 0.228. The zero-order valence-corrected chi connectivity index (χ0v) is 22.1. The standard InChI is InChI=1S/C29H33FN2O3S/c1-19(2)21-8-10-24(11-9-21)35-18-26-25-13-15-36-27(25)12-14-31(26)28(33)17-32(20(3)4)29(34)22-6-5-7-23(30)16-22/h5-11,13,15-16,19-20,26H,12,14,17-18H2,1-4H3/t26-/m0/s1. The third kappa shape index (κ3) is 5.78. The topological polar surface area (TPSA) is 49.9 Å². The monoisotopic (exact) mass is 508 g/mol. The summed E-state index contributed by atoms with van der Waals surface area (Å²) in [7, 11) is 0. The number of benzene rings is 2. The van der Waals surface area contributed by atoms with E-state index in [0.717, 1.165) is 17.7 Å². The fraction of sp³-hybridized carbons (Fsp3) is 0.379. The molecule has 2 aromatic carbocycles. The third-order valence-corrected chi connectivity index (χ3v) is 7.63. The molecule has 7 heteroatoms. The van der Waals surface area contributed by atoms with Gasteiger partial charge in [-0.3, -0.25) is 9.59 Å². The summed E-state index contributed by atoms with van der Waals surface area (Å²) in [6.45, 7) is 8.84. The summed E-state index contributed by atoms with van der Waals surface area (Å²) in [5.41, 5.74) is 2.58. The van der Waals surface area contributed by atoms with Gasteiger partial charge in [0.05, 0.1) is 6.04 Å². The number of halogens is 1. The van der Waals surface area contributed by atoms with Gasteiger partial charge in [-0.1, -0.05) is 32.0 Å². The Hall–Kier alpha value is -3.19. The fourth-order valence-corrected chi connectivity index (χ4v) is 5.44. The summed E-state index contributed by atoms with van der Waals surface area (Å²) < 4.78 is 19.9. The number of thiophene rings is 1. The molecule has 190 valence electrons. The van der Waals surface area contributed by atoms with Gasteiger partial charge < -0.3 is 14.5 Å². The molecule has 0 radical (unpaired) electrons. The Bertz CT molecular complexity index is 1210. The van der Waals surface area contributed by atoms with Gasteiger partial charge in [-0.2, -0.15) is 0 Å². The van der Waals surface area contributed by atoms with Gasteiger partial charge in [-0.25, -0.2) is 4.39 Å². The maximum Gasteiger partial charge on any atom is 0.254 e. The SMILES string of the molecule is CC(C)c1ccc(OC[C@H]2c3ccsc3CCN2C(=O)CN(C(=O)c2cccc(F)c2)C(C)C)cc1. The van der Waals surface area contributed by atoms with E-state index < -0.39 is 5.82 Å². The molecule has 5 nitrogen and oxygen atoms in total. The Morgan fingerprint density at radius 3 is 2.53 bits per heavy atom. The zero-order valence-electron chi connectivity index (χ0n) is 21.2. The largest absolute Gasteiger partial charge is 0.491 e. The van der Waals surface area contributed by atoms with Crippen LogP contribution < -0.4 is 4.74 Å². The molecule has 2 heterocycles. The lowest BCUT2D eigenvalue weighted by Crippen LogP contribution is -2.49. The molecule has 4 rings (SSSR count). The Kier molecular flexibility index (Phi) is 8.09. The molecule has 36 heavy (non-hydrogen) atoms. The summed E-state index contributed by atoms with van der Waals surface area (Å²) in [4.78, 5) is 31.3. The highest BCUT2D eigenvalue weighted by Gasteiger charge is 2.34. The first-order valence-corrected chi connectivity index (χ1v) is 13.3. The average Bonchev–Trinajstić information content (AvgIpc) is 3.34. The molecule has 1 aliphatic heterocycles. The molecule has 1 aliphatic rings. The highest BCUT2D eigenvalue weighted by molar-refractivity contribution is 7.10. The van der Waals surface area contributed by atoms with Crippen molar-refractivity contribution < 1.29 is 18.7 Å². The van der Waals surface area contributed by atoms with Crippen molar-refractivity contribution in [2.24, 2.45) is 0 Å². The number of hydrogen-bond donors (Lipinski definition) is 0. The van der Waals surface area contributed by atoms with Crippen molar-refractivity contribution in [2.75, 3.05) is 19.7 Å². The number of carbonyl (C=O) groups excluding carboxylic acids is 2. The van der Waals surface area contributed by atoms with Gasteiger partial charge in [-0.05, 0) is 79.1 Å². The van der Waals surface area contributed by atoms with E-state index in [0.29, 0.717) is 19.1 Å². The summed E-state index contributed by atoms with van der Waals surface area (Å²) in [6, 6.07) is 15.3. The molecular weight excluding hydrogens is 475 g/mol. The normalized spacial score (nSPS) is 15.2. The van der Waals surface area contributed by atoms with Gasteiger partial charge in [0.1, 0.15) is 24.7 Å². The van der Waals surface area contributed by atoms with Crippen LogP contribution in [0, 0.1) is 5.82 Å². The lowest BCUT2D eigenvalue weighted by atomic mass is 10.00. The molecule has 1 atom stereocenters. The Morgan fingerprint density at radius 1 is 1.11 bits per heavy atom. The molecule has 0 N–H and O–H groups in total. The number of rotatable bonds is 8. The molecule has 0 bridgehead atoms. The van der Waals surface area contributed by atoms with Crippen LogP contribution in [0.1, 0.15) is 66.0 Å². The Morgan fingerprint density at radius 2 is 1.86 bits per heavy atom. The minimum Gasteiger partial charge on any atom is -0.491 e. The smallest absolute Gasteiger partial charge is 0.254 e. The van der Waals surface area contributed by atoms with Crippen LogP contribution in [0.3, 0.4) is 0 Å². The van der Waals surface area contributed by atoms with Crippen molar-refractivity contribution in [3.05, 3.63) is 87.4 Å². The number of fused-ring (bicyclic) bond motifs is 1. The van der Waals surface area contributed by atoms with Crippen molar-refractivity contribution in [1.82, 2.24) is 9.80 Å². The van der Waals surface area contributed by atoms with Crippen LogP contribution in [-0.2, 0) is 11.2 Å². The van der Waals surface area contributed by atoms with Crippen LogP contribution in [0.2, 0.25) is 0 Å². The van der Waals surface area contributed by atoms with Crippen LogP contribution >= 0.6 is 11.3 Å². The Balaban J connectivity index is 1.51. The molecule has 0 saturated heterocycles. The van der Waals surface area contributed by atoms with E-state index in [2.05, 4.69) is 37.4 Å². The summed E-state index contributed by atoms with van der Waals surface area (Å²) in [5, 5.41) is 2.05. The van der Waals surface area contributed by atoms with Gasteiger partial charge in [0.2, 0.25) is 5.91 Å². The van der Waals surface area contributed by atoms with E-state index >= 15 is 0 Å². The van der Waals surface area contributed by atoms with Gasteiger partial charge in [0.15, 0.2) is 0 Å². The number of carbonyl (C=O) groups is 2. The van der Waals surface area contributed by atoms with E-state index in [4.69, 9.17) is 4.74 Å². The van der Waals surface area contributed by atoms with E-state index in [-0.39, 0.29) is 36.0 Å². The average molecular weight is 509 g/mol. The van der Waals surface area contributed by atoms with E-state index in [1.54, 1.807) is 17.4 Å². The van der Waals surface area contributed by atoms with Crippen LogP contribution in [0.15, 0.2) is 60.0 Å². The first-order valence-electron chi connectivity index (χ1n) is 12.4. The molecule has 0 spiro atoms. The van der Waals surface area contributed by atoms with E-state index in [1.807, 2.05) is 30.9 Å². The predicted octanol–water partition coefficient (Wildman–Crippen LogP) is 6.07.